The fourth-order valence-corrected chi connectivity index (χ4v) is 2.09. The second-order valence-corrected chi connectivity index (χ2v) is 4.84. The molecule has 1 atom stereocenters. The van der Waals surface area contributed by atoms with Crippen molar-refractivity contribution in [2.75, 3.05) is 19.0 Å². The number of rotatable bonds is 6. The molecule has 0 saturated heterocycles. The molecule has 0 spiro atoms. The van der Waals surface area contributed by atoms with E-state index in [-0.39, 0.29) is 12.1 Å². The zero-order valence-corrected chi connectivity index (χ0v) is 12.1. The molecule has 2 rings (SSSR count). The topological polar surface area (TPSA) is 89.3 Å². The monoisotopic (exact) mass is 296 g/mol. The largest absolute Gasteiger partial charge is 0.464 e. The lowest BCUT2D eigenvalue weighted by Crippen LogP contribution is -2.34. The zero-order chi connectivity index (χ0) is 14.4. The Bertz CT molecular complexity index is 541. The van der Waals surface area contributed by atoms with Gasteiger partial charge >= 0.3 is 6.03 Å². The molecule has 7 nitrogen and oxygen atoms in total. The minimum absolute atomic E-state index is 0.320. The first-order chi connectivity index (χ1) is 9.72. The average Bonchev–Trinajstić information content (AvgIpc) is 3.08. The van der Waals surface area contributed by atoms with Gasteiger partial charge in [-0.2, -0.15) is 0 Å². The number of ether oxygens (including phenoxy) is 1. The highest BCUT2D eigenvalue weighted by molar-refractivity contribution is 7.13. The molecule has 2 amide bonds. The van der Waals surface area contributed by atoms with Gasteiger partial charge < -0.3 is 14.5 Å². The molecular formula is C12H16N4O3S. The number of aryl methyl sites for hydroxylation is 1. The maximum Gasteiger partial charge on any atom is 0.321 e. The summed E-state index contributed by atoms with van der Waals surface area (Å²) in [4.78, 5) is 11.9. The van der Waals surface area contributed by atoms with Crippen LogP contribution in [0.25, 0.3) is 0 Å². The van der Waals surface area contributed by atoms with Gasteiger partial charge in [0.05, 0.1) is 6.61 Å². The second-order valence-electron chi connectivity index (χ2n) is 4.01. The quantitative estimate of drug-likeness (QED) is 0.853. The van der Waals surface area contributed by atoms with Crippen LogP contribution in [-0.4, -0.2) is 29.9 Å². The standard InChI is InChI=1S/C12H16N4O3S/c1-3-8-4-5-10(19-8)9(6-18-2)14-11(17)15-12-16-13-7-20-12/h4-5,7,9H,3,6H2,1-2H3,(H2,14,15,16,17)/t9-/m1/s1. The molecule has 0 radical (unpaired) electrons. The predicted molar refractivity (Wildman–Crippen MR) is 74.8 cm³/mol. The van der Waals surface area contributed by atoms with Gasteiger partial charge in [0.25, 0.3) is 0 Å². The summed E-state index contributed by atoms with van der Waals surface area (Å²) in [6, 6.07) is 3.00. The SMILES string of the molecule is CCc1ccc([C@@H](COC)NC(=O)Nc2nncs2)o1. The Labute approximate surface area is 120 Å². The number of aromatic nitrogens is 2. The van der Waals surface area contributed by atoms with Crippen molar-refractivity contribution in [3.63, 3.8) is 0 Å². The number of nitrogens with one attached hydrogen (secondary N) is 2. The first-order valence-corrected chi connectivity index (χ1v) is 7.02. The van der Waals surface area contributed by atoms with Crippen LogP contribution in [0, 0.1) is 0 Å². The number of anilines is 1. The smallest absolute Gasteiger partial charge is 0.321 e. The van der Waals surface area contributed by atoms with Gasteiger partial charge in [-0.1, -0.05) is 18.3 Å². The fourth-order valence-electron chi connectivity index (χ4n) is 1.65. The molecule has 2 heterocycles. The Hall–Kier alpha value is -1.93. The van der Waals surface area contributed by atoms with Crippen molar-refractivity contribution in [2.45, 2.75) is 19.4 Å². The van der Waals surface area contributed by atoms with Gasteiger partial charge in [0, 0.05) is 13.5 Å². The normalized spacial score (nSPS) is 12.1. The molecule has 2 aromatic heterocycles. The summed E-state index contributed by atoms with van der Waals surface area (Å²) in [6.45, 7) is 2.32. The molecule has 0 aliphatic rings. The van der Waals surface area contributed by atoms with Crippen LogP contribution in [-0.2, 0) is 11.2 Å². The molecule has 0 saturated carbocycles. The van der Waals surface area contributed by atoms with Gasteiger partial charge in [-0.3, -0.25) is 5.32 Å². The molecule has 8 heteroatoms. The van der Waals surface area contributed by atoms with Crippen molar-refractivity contribution in [1.82, 2.24) is 15.5 Å². The highest BCUT2D eigenvalue weighted by Crippen LogP contribution is 2.18. The molecule has 0 unspecified atom stereocenters. The molecule has 2 aromatic rings. The van der Waals surface area contributed by atoms with Crippen molar-refractivity contribution in [3.8, 4) is 0 Å². The van der Waals surface area contributed by atoms with Crippen LogP contribution >= 0.6 is 11.3 Å². The van der Waals surface area contributed by atoms with Crippen molar-refractivity contribution in [1.29, 1.82) is 0 Å². The van der Waals surface area contributed by atoms with Crippen molar-refractivity contribution in [3.05, 3.63) is 29.2 Å². The highest BCUT2D eigenvalue weighted by Gasteiger charge is 2.18. The number of methoxy groups -OCH3 is 1. The maximum absolute atomic E-state index is 11.9. The van der Waals surface area contributed by atoms with Gasteiger partial charge in [0.2, 0.25) is 5.13 Å². The lowest BCUT2D eigenvalue weighted by atomic mass is 10.2. The van der Waals surface area contributed by atoms with Crippen molar-refractivity contribution < 1.29 is 13.9 Å². The lowest BCUT2D eigenvalue weighted by molar-refractivity contribution is 0.158. The number of hydrogen-bond acceptors (Lipinski definition) is 6. The van der Waals surface area contributed by atoms with Crippen LogP contribution in [0.1, 0.15) is 24.5 Å². The Morgan fingerprint density at radius 2 is 2.40 bits per heavy atom. The molecule has 0 aliphatic carbocycles. The van der Waals surface area contributed by atoms with E-state index < -0.39 is 0 Å². The molecule has 108 valence electrons. The van der Waals surface area contributed by atoms with Gasteiger partial charge in [0.15, 0.2) is 0 Å². The van der Waals surface area contributed by atoms with Crippen LogP contribution in [0.4, 0.5) is 9.93 Å². The summed E-state index contributed by atoms with van der Waals surface area (Å²) < 4.78 is 10.7. The molecule has 0 aliphatic heterocycles. The molecular weight excluding hydrogens is 280 g/mol. The Morgan fingerprint density at radius 1 is 1.55 bits per heavy atom. The van der Waals surface area contributed by atoms with Gasteiger partial charge in [-0.15, -0.1) is 10.2 Å². The summed E-state index contributed by atoms with van der Waals surface area (Å²) in [5.41, 5.74) is 1.54. The van der Waals surface area contributed by atoms with E-state index in [0.29, 0.717) is 17.5 Å². The summed E-state index contributed by atoms with van der Waals surface area (Å²) in [5.74, 6) is 1.53. The Kier molecular flexibility index (Phi) is 5.08. The fraction of sp³-hybridized carbons (Fsp3) is 0.417. The number of furan rings is 1. The number of urea groups is 1. The molecule has 0 aromatic carbocycles. The Balaban J connectivity index is 1.99. The van der Waals surface area contributed by atoms with Crippen LogP contribution < -0.4 is 10.6 Å². The van der Waals surface area contributed by atoms with Crippen LogP contribution in [0.15, 0.2) is 22.1 Å². The minimum atomic E-state index is -0.377. The highest BCUT2D eigenvalue weighted by atomic mass is 32.1. The van der Waals surface area contributed by atoms with E-state index in [4.69, 9.17) is 9.15 Å². The van der Waals surface area contributed by atoms with E-state index in [0.717, 1.165) is 12.2 Å². The van der Waals surface area contributed by atoms with E-state index in [1.165, 1.54) is 11.3 Å². The van der Waals surface area contributed by atoms with E-state index >= 15 is 0 Å². The van der Waals surface area contributed by atoms with Crippen molar-refractivity contribution in [2.24, 2.45) is 0 Å². The van der Waals surface area contributed by atoms with E-state index in [2.05, 4.69) is 20.8 Å². The van der Waals surface area contributed by atoms with E-state index in [9.17, 15) is 4.79 Å². The third-order valence-corrected chi connectivity index (χ3v) is 3.20. The molecule has 0 bridgehead atoms. The summed E-state index contributed by atoms with van der Waals surface area (Å²) in [7, 11) is 1.57. The molecule has 2 N–H and O–H groups in total. The van der Waals surface area contributed by atoms with Crippen LogP contribution in [0.5, 0.6) is 0 Å². The van der Waals surface area contributed by atoms with Gasteiger partial charge in [-0.05, 0) is 12.1 Å². The number of nitrogens with zero attached hydrogens (tertiary/aromatic N) is 2. The summed E-state index contributed by atoms with van der Waals surface area (Å²) in [6.07, 6.45) is 0.802. The number of hydrogen-bond donors (Lipinski definition) is 2. The first kappa shape index (κ1) is 14.5. The van der Waals surface area contributed by atoms with Gasteiger partial charge in [0.1, 0.15) is 23.1 Å². The lowest BCUT2D eigenvalue weighted by Gasteiger charge is -2.15. The molecule has 20 heavy (non-hydrogen) atoms. The summed E-state index contributed by atoms with van der Waals surface area (Å²) >= 11 is 1.25. The maximum atomic E-state index is 11.9. The minimum Gasteiger partial charge on any atom is -0.464 e. The summed E-state index contributed by atoms with van der Waals surface area (Å²) in [5, 5.41) is 13.2. The number of carbonyl (C=O) groups excluding carboxylic acids is 1. The van der Waals surface area contributed by atoms with Crippen molar-refractivity contribution >= 4 is 22.5 Å². The van der Waals surface area contributed by atoms with E-state index in [1.807, 2.05) is 19.1 Å². The van der Waals surface area contributed by atoms with Crippen LogP contribution in [0.2, 0.25) is 0 Å². The third kappa shape index (κ3) is 3.78. The van der Waals surface area contributed by atoms with Gasteiger partial charge in [-0.25, -0.2) is 4.79 Å². The molecule has 0 fully saturated rings. The first-order valence-electron chi connectivity index (χ1n) is 6.14. The zero-order valence-electron chi connectivity index (χ0n) is 11.3. The third-order valence-electron chi connectivity index (χ3n) is 2.59. The van der Waals surface area contributed by atoms with Crippen LogP contribution in [0.3, 0.4) is 0 Å². The van der Waals surface area contributed by atoms with E-state index in [1.54, 1.807) is 12.6 Å². The number of carbonyl (C=O) groups is 1. The average molecular weight is 296 g/mol. The second kappa shape index (κ2) is 7.01. The predicted octanol–water partition coefficient (Wildman–Crippen LogP) is 2.20. The Morgan fingerprint density at radius 3 is 3.00 bits per heavy atom. The number of amides is 2.